The summed E-state index contributed by atoms with van der Waals surface area (Å²) < 4.78 is 0. The molecule has 1 saturated heterocycles. The number of allylic oxidation sites excluding steroid dienone is 1. The Morgan fingerprint density at radius 2 is 1.89 bits per heavy atom. The summed E-state index contributed by atoms with van der Waals surface area (Å²) in [6, 6.07) is -0.399. The van der Waals surface area contributed by atoms with Crippen molar-refractivity contribution in [2.45, 2.75) is 59.0 Å². The Morgan fingerprint density at radius 1 is 1.32 bits per heavy atom. The number of rotatable bonds is 5. The first kappa shape index (κ1) is 15.7. The van der Waals surface area contributed by atoms with Crippen LogP contribution in [-0.2, 0) is 9.59 Å². The summed E-state index contributed by atoms with van der Waals surface area (Å²) in [6.45, 7) is 10.3. The van der Waals surface area contributed by atoms with Gasteiger partial charge in [0.15, 0.2) is 0 Å². The second-order valence-electron chi connectivity index (χ2n) is 5.45. The van der Waals surface area contributed by atoms with E-state index in [1.807, 2.05) is 46.8 Å². The monoisotopic (exact) mass is 266 g/mol. The number of hydrogen-bond donors (Lipinski definition) is 1. The van der Waals surface area contributed by atoms with Crippen molar-refractivity contribution in [3.05, 3.63) is 12.2 Å². The van der Waals surface area contributed by atoms with E-state index in [0.29, 0.717) is 19.4 Å². The summed E-state index contributed by atoms with van der Waals surface area (Å²) in [7, 11) is 0. The molecule has 2 amide bonds. The maximum absolute atomic E-state index is 12.6. The highest BCUT2D eigenvalue weighted by Crippen LogP contribution is 2.30. The van der Waals surface area contributed by atoms with E-state index in [1.54, 1.807) is 4.90 Å². The molecule has 0 saturated carbocycles. The van der Waals surface area contributed by atoms with Gasteiger partial charge in [-0.15, -0.1) is 0 Å². The molecule has 108 valence electrons. The molecule has 4 heteroatoms. The van der Waals surface area contributed by atoms with Gasteiger partial charge in [-0.2, -0.15) is 0 Å². The molecule has 1 rings (SSSR count). The smallest absolute Gasteiger partial charge is 0.246 e. The van der Waals surface area contributed by atoms with Crippen LogP contribution in [0.1, 0.15) is 47.5 Å². The molecule has 1 aliphatic heterocycles. The van der Waals surface area contributed by atoms with E-state index in [4.69, 9.17) is 0 Å². The third kappa shape index (κ3) is 2.67. The molecular formula is C15H26N2O2. The summed E-state index contributed by atoms with van der Waals surface area (Å²) in [5.74, 6) is 0.132. The van der Waals surface area contributed by atoms with Crippen molar-refractivity contribution in [3.63, 3.8) is 0 Å². The van der Waals surface area contributed by atoms with Crippen molar-refractivity contribution >= 4 is 11.8 Å². The first-order chi connectivity index (χ1) is 8.94. The molecule has 0 spiro atoms. The SMILES string of the molecule is C/C=C/CN1C(=O)C(C(C)C)NC(=O)C1(CC)CC. The third-order valence-corrected chi connectivity index (χ3v) is 4.12. The minimum Gasteiger partial charge on any atom is -0.342 e. The predicted molar refractivity (Wildman–Crippen MR) is 76.6 cm³/mol. The first-order valence-corrected chi connectivity index (χ1v) is 7.18. The molecule has 1 aliphatic rings. The van der Waals surface area contributed by atoms with Crippen LogP contribution in [0, 0.1) is 5.92 Å². The highest BCUT2D eigenvalue weighted by atomic mass is 16.2. The van der Waals surface area contributed by atoms with E-state index in [2.05, 4.69) is 5.32 Å². The van der Waals surface area contributed by atoms with Gasteiger partial charge in [-0.25, -0.2) is 0 Å². The lowest BCUT2D eigenvalue weighted by Crippen LogP contribution is -2.71. The highest BCUT2D eigenvalue weighted by molar-refractivity contribution is 6.00. The number of nitrogens with zero attached hydrogens (tertiary/aromatic N) is 1. The first-order valence-electron chi connectivity index (χ1n) is 7.18. The normalized spacial score (nSPS) is 23.3. The molecule has 1 atom stereocenters. The van der Waals surface area contributed by atoms with Gasteiger partial charge in [0.25, 0.3) is 0 Å². The number of hydrogen-bond acceptors (Lipinski definition) is 2. The van der Waals surface area contributed by atoms with E-state index < -0.39 is 11.6 Å². The summed E-state index contributed by atoms with van der Waals surface area (Å²) in [5, 5.41) is 2.91. The maximum atomic E-state index is 12.6. The van der Waals surface area contributed by atoms with E-state index in [0.717, 1.165) is 0 Å². The van der Waals surface area contributed by atoms with Gasteiger partial charge in [0.1, 0.15) is 11.6 Å². The third-order valence-electron chi connectivity index (χ3n) is 4.12. The summed E-state index contributed by atoms with van der Waals surface area (Å²) >= 11 is 0. The average molecular weight is 266 g/mol. The van der Waals surface area contributed by atoms with Gasteiger partial charge in [0.2, 0.25) is 11.8 Å². The zero-order valence-electron chi connectivity index (χ0n) is 12.7. The molecule has 4 nitrogen and oxygen atoms in total. The zero-order chi connectivity index (χ0) is 14.6. The van der Waals surface area contributed by atoms with E-state index in [1.165, 1.54) is 0 Å². The van der Waals surface area contributed by atoms with Gasteiger partial charge in [-0.3, -0.25) is 9.59 Å². The number of carbonyl (C=O) groups is 2. The van der Waals surface area contributed by atoms with Gasteiger partial charge >= 0.3 is 0 Å². The number of amides is 2. The number of nitrogens with one attached hydrogen (secondary N) is 1. The van der Waals surface area contributed by atoms with Gasteiger partial charge in [-0.05, 0) is 25.7 Å². The fourth-order valence-corrected chi connectivity index (χ4v) is 2.72. The zero-order valence-corrected chi connectivity index (χ0v) is 12.7. The molecule has 0 aromatic heterocycles. The molecule has 0 bridgehead atoms. The highest BCUT2D eigenvalue weighted by Gasteiger charge is 2.50. The largest absolute Gasteiger partial charge is 0.342 e. The Balaban J connectivity index is 3.17. The van der Waals surface area contributed by atoms with Crippen molar-refractivity contribution in [1.82, 2.24) is 10.2 Å². The van der Waals surface area contributed by atoms with Crippen LogP contribution in [0.3, 0.4) is 0 Å². The van der Waals surface area contributed by atoms with Crippen molar-refractivity contribution in [3.8, 4) is 0 Å². The minimum atomic E-state index is -0.692. The molecule has 19 heavy (non-hydrogen) atoms. The lowest BCUT2D eigenvalue weighted by atomic mass is 9.84. The number of piperazine rings is 1. The standard InChI is InChI=1S/C15H26N2O2/c1-6-9-10-17-13(18)12(11(4)5)16-14(19)15(17,7-2)8-3/h6,9,11-12H,7-8,10H2,1-5H3,(H,16,19)/b9-6+. The molecule has 0 aromatic carbocycles. The fourth-order valence-electron chi connectivity index (χ4n) is 2.72. The van der Waals surface area contributed by atoms with Gasteiger partial charge in [0, 0.05) is 6.54 Å². The van der Waals surface area contributed by atoms with Crippen molar-refractivity contribution in [2.75, 3.05) is 6.54 Å². The van der Waals surface area contributed by atoms with Crippen LogP contribution in [-0.4, -0.2) is 34.8 Å². The van der Waals surface area contributed by atoms with Crippen LogP contribution in [0.4, 0.5) is 0 Å². The molecule has 0 radical (unpaired) electrons. The Bertz CT molecular complexity index is 370. The Hall–Kier alpha value is -1.32. The lowest BCUT2D eigenvalue weighted by Gasteiger charge is -2.48. The Kier molecular flexibility index (Phi) is 5.15. The minimum absolute atomic E-state index is 0.0136. The Labute approximate surface area is 116 Å². The fraction of sp³-hybridized carbons (Fsp3) is 0.733. The molecule has 1 heterocycles. The second-order valence-corrected chi connectivity index (χ2v) is 5.45. The maximum Gasteiger partial charge on any atom is 0.246 e. The Morgan fingerprint density at radius 3 is 2.32 bits per heavy atom. The molecular weight excluding hydrogens is 240 g/mol. The molecule has 1 fully saturated rings. The number of carbonyl (C=O) groups excluding carboxylic acids is 2. The van der Waals surface area contributed by atoms with Gasteiger partial charge in [-0.1, -0.05) is 39.8 Å². The van der Waals surface area contributed by atoms with Crippen LogP contribution in [0.25, 0.3) is 0 Å². The summed E-state index contributed by atoms with van der Waals surface area (Å²) in [5.41, 5.74) is -0.692. The predicted octanol–water partition coefficient (Wildman–Crippen LogP) is 2.10. The van der Waals surface area contributed by atoms with Crippen molar-refractivity contribution in [1.29, 1.82) is 0 Å². The second kappa shape index (κ2) is 6.22. The average Bonchev–Trinajstić information content (AvgIpc) is 2.39. The van der Waals surface area contributed by atoms with Crippen LogP contribution in [0.5, 0.6) is 0 Å². The van der Waals surface area contributed by atoms with E-state index >= 15 is 0 Å². The van der Waals surface area contributed by atoms with Crippen molar-refractivity contribution < 1.29 is 9.59 Å². The molecule has 1 N–H and O–H groups in total. The topological polar surface area (TPSA) is 49.4 Å². The molecule has 0 aromatic rings. The van der Waals surface area contributed by atoms with E-state index in [-0.39, 0.29) is 17.7 Å². The summed E-state index contributed by atoms with van der Waals surface area (Å²) in [4.78, 5) is 26.9. The molecule has 1 unspecified atom stereocenters. The summed E-state index contributed by atoms with van der Waals surface area (Å²) in [6.07, 6.45) is 5.14. The van der Waals surface area contributed by atoms with Crippen molar-refractivity contribution in [2.24, 2.45) is 5.92 Å². The molecule has 0 aliphatic carbocycles. The van der Waals surface area contributed by atoms with E-state index in [9.17, 15) is 9.59 Å². The van der Waals surface area contributed by atoms with Crippen LogP contribution >= 0.6 is 0 Å². The quantitative estimate of drug-likeness (QED) is 0.775. The lowest BCUT2D eigenvalue weighted by molar-refractivity contribution is -0.158. The van der Waals surface area contributed by atoms with Gasteiger partial charge in [0.05, 0.1) is 0 Å². The van der Waals surface area contributed by atoms with Crippen LogP contribution in [0.15, 0.2) is 12.2 Å². The van der Waals surface area contributed by atoms with Gasteiger partial charge < -0.3 is 10.2 Å². The van der Waals surface area contributed by atoms with Crippen LogP contribution < -0.4 is 5.32 Å². The van der Waals surface area contributed by atoms with Crippen LogP contribution in [0.2, 0.25) is 0 Å².